The number of hydrogen-bond acceptors (Lipinski definition) is 3. The fourth-order valence-corrected chi connectivity index (χ4v) is 2.06. The number of nitrogens with zero attached hydrogens (tertiary/aromatic N) is 2. The zero-order valence-corrected chi connectivity index (χ0v) is 8.42. The average Bonchev–Trinajstić information content (AvgIpc) is 2.12. The lowest BCUT2D eigenvalue weighted by atomic mass is 10.0. The molecule has 0 aromatic heterocycles. The first-order chi connectivity index (χ1) is 6.34. The number of likely N-dealkylation sites (tertiary alicyclic amines) is 1. The van der Waals surface area contributed by atoms with E-state index >= 15 is 0 Å². The van der Waals surface area contributed by atoms with Gasteiger partial charge in [-0.15, -0.1) is 0 Å². The molecule has 0 bridgehead atoms. The third-order valence-corrected chi connectivity index (χ3v) is 2.86. The SMILES string of the molecule is CN1CC(CNC2=NCCCC2)C1. The zero-order chi connectivity index (χ0) is 9.10. The molecule has 13 heavy (non-hydrogen) atoms. The summed E-state index contributed by atoms with van der Waals surface area (Å²) in [5.74, 6) is 2.11. The third kappa shape index (κ3) is 2.44. The lowest BCUT2D eigenvalue weighted by Crippen LogP contribution is -2.49. The molecule has 0 atom stereocenters. The van der Waals surface area contributed by atoms with Gasteiger partial charge in [-0.25, -0.2) is 0 Å². The Bertz CT molecular complexity index is 194. The van der Waals surface area contributed by atoms with Gasteiger partial charge in [-0.3, -0.25) is 4.99 Å². The van der Waals surface area contributed by atoms with E-state index in [0.29, 0.717) is 0 Å². The number of amidine groups is 1. The van der Waals surface area contributed by atoms with Crippen molar-refractivity contribution in [2.24, 2.45) is 10.9 Å². The first-order valence-electron chi connectivity index (χ1n) is 5.30. The summed E-state index contributed by atoms with van der Waals surface area (Å²) in [4.78, 5) is 6.83. The molecule has 0 radical (unpaired) electrons. The molecule has 1 fully saturated rings. The fourth-order valence-electron chi connectivity index (χ4n) is 2.06. The summed E-state index contributed by atoms with van der Waals surface area (Å²) in [7, 11) is 2.18. The predicted molar refractivity (Wildman–Crippen MR) is 55.1 cm³/mol. The minimum Gasteiger partial charge on any atom is -0.373 e. The molecule has 3 nitrogen and oxygen atoms in total. The minimum absolute atomic E-state index is 0.856. The lowest BCUT2D eigenvalue weighted by Gasteiger charge is -2.36. The summed E-state index contributed by atoms with van der Waals surface area (Å²) in [5.41, 5.74) is 0. The van der Waals surface area contributed by atoms with Gasteiger partial charge in [0.15, 0.2) is 0 Å². The summed E-state index contributed by atoms with van der Waals surface area (Å²) < 4.78 is 0. The molecule has 2 aliphatic rings. The number of rotatable bonds is 2. The Morgan fingerprint density at radius 2 is 2.31 bits per heavy atom. The quantitative estimate of drug-likeness (QED) is 0.680. The second-order valence-corrected chi connectivity index (χ2v) is 4.25. The lowest BCUT2D eigenvalue weighted by molar-refractivity contribution is 0.137. The van der Waals surface area contributed by atoms with Crippen LogP contribution in [0.5, 0.6) is 0 Å². The Kier molecular flexibility index (Phi) is 2.83. The Labute approximate surface area is 80.2 Å². The molecular formula is C10H19N3. The van der Waals surface area contributed by atoms with Crippen molar-refractivity contribution in [1.82, 2.24) is 10.2 Å². The van der Waals surface area contributed by atoms with Crippen molar-refractivity contribution in [3.8, 4) is 0 Å². The van der Waals surface area contributed by atoms with E-state index in [1.165, 1.54) is 38.2 Å². The van der Waals surface area contributed by atoms with E-state index in [0.717, 1.165) is 19.0 Å². The smallest absolute Gasteiger partial charge is 0.0963 e. The van der Waals surface area contributed by atoms with Crippen LogP contribution in [0.2, 0.25) is 0 Å². The van der Waals surface area contributed by atoms with Crippen LogP contribution in [0.4, 0.5) is 0 Å². The van der Waals surface area contributed by atoms with Gasteiger partial charge >= 0.3 is 0 Å². The highest BCUT2D eigenvalue weighted by Crippen LogP contribution is 2.11. The van der Waals surface area contributed by atoms with Crippen molar-refractivity contribution in [3.63, 3.8) is 0 Å². The van der Waals surface area contributed by atoms with Crippen molar-refractivity contribution in [2.75, 3.05) is 33.2 Å². The highest BCUT2D eigenvalue weighted by molar-refractivity contribution is 5.82. The predicted octanol–water partition coefficient (Wildman–Crippen LogP) is 0.720. The minimum atomic E-state index is 0.856. The maximum atomic E-state index is 4.47. The van der Waals surface area contributed by atoms with E-state index in [-0.39, 0.29) is 0 Å². The zero-order valence-electron chi connectivity index (χ0n) is 8.42. The van der Waals surface area contributed by atoms with Gasteiger partial charge in [-0.05, 0) is 19.9 Å². The number of aliphatic imine (C=N–C) groups is 1. The molecule has 0 unspecified atom stereocenters. The van der Waals surface area contributed by atoms with Crippen LogP contribution in [-0.4, -0.2) is 44.0 Å². The van der Waals surface area contributed by atoms with Gasteiger partial charge in [0.25, 0.3) is 0 Å². The van der Waals surface area contributed by atoms with Crippen molar-refractivity contribution < 1.29 is 0 Å². The summed E-state index contributed by atoms with van der Waals surface area (Å²) in [6.45, 7) is 4.66. The van der Waals surface area contributed by atoms with Crippen molar-refractivity contribution in [2.45, 2.75) is 19.3 Å². The van der Waals surface area contributed by atoms with Crippen LogP contribution in [-0.2, 0) is 0 Å². The molecule has 0 aromatic rings. The molecule has 2 heterocycles. The maximum Gasteiger partial charge on any atom is 0.0963 e. The van der Waals surface area contributed by atoms with Crippen LogP contribution in [0, 0.1) is 5.92 Å². The Morgan fingerprint density at radius 1 is 1.46 bits per heavy atom. The van der Waals surface area contributed by atoms with Crippen LogP contribution < -0.4 is 5.32 Å². The van der Waals surface area contributed by atoms with E-state index in [4.69, 9.17) is 0 Å². The molecule has 0 aromatic carbocycles. The summed E-state index contributed by atoms with van der Waals surface area (Å²) in [5, 5.41) is 3.47. The van der Waals surface area contributed by atoms with Crippen molar-refractivity contribution in [1.29, 1.82) is 0 Å². The van der Waals surface area contributed by atoms with E-state index in [9.17, 15) is 0 Å². The molecule has 3 heteroatoms. The summed E-state index contributed by atoms with van der Waals surface area (Å²) in [6, 6.07) is 0. The first-order valence-corrected chi connectivity index (χ1v) is 5.30. The van der Waals surface area contributed by atoms with Gasteiger partial charge in [0.05, 0.1) is 5.84 Å². The van der Waals surface area contributed by atoms with E-state index in [1.54, 1.807) is 0 Å². The molecule has 2 aliphatic heterocycles. The normalized spacial score (nSPS) is 25.2. The van der Waals surface area contributed by atoms with Crippen LogP contribution in [0.1, 0.15) is 19.3 Å². The Hall–Kier alpha value is -0.570. The first kappa shape index (κ1) is 9.00. The van der Waals surface area contributed by atoms with Crippen LogP contribution in [0.25, 0.3) is 0 Å². The van der Waals surface area contributed by atoms with Crippen molar-refractivity contribution >= 4 is 5.84 Å². The third-order valence-electron chi connectivity index (χ3n) is 2.86. The maximum absolute atomic E-state index is 4.47. The van der Waals surface area contributed by atoms with Crippen LogP contribution in [0.3, 0.4) is 0 Å². The van der Waals surface area contributed by atoms with Crippen molar-refractivity contribution in [3.05, 3.63) is 0 Å². The van der Waals surface area contributed by atoms with E-state index in [1.807, 2.05) is 0 Å². The van der Waals surface area contributed by atoms with Gasteiger partial charge in [0.1, 0.15) is 0 Å². The van der Waals surface area contributed by atoms with E-state index < -0.39 is 0 Å². The second kappa shape index (κ2) is 4.09. The fraction of sp³-hybridized carbons (Fsp3) is 0.900. The number of hydrogen-bond donors (Lipinski definition) is 1. The molecule has 0 saturated carbocycles. The molecule has 1 saturated heterocycles. The summed E-state index contributed by atoms with van der Waals surface area (Å²) in [6.07, 6.45) is 3.76. The highest BCUT2D eigenvalue weighted by atomic mass is 15.2. The highest BCUT2D eigenvalue weighted by Gasteiger charge is 2.22. The molecule has 0 amide bonds. The second-order valence-electron chi connectivity index (χ2n) is 4.25. The summed E-state index contributed by atoms with van der Waals surface area (Å²) >= 11 is 0. The van der Waals surface area contributed by atoms with E-state index in [2.05, 4.69) is 22.3 Å². The molecule has 0 aliphatic carbocycles. The van der Waals surface area contributed by atoms with Gasteiger partial charge in [0, 0.05) is 38.5 Å². The van der Waals surface area contributed by atoms with Gasteiger partial charge < -0.3 is 10.2 Å². The Balaban J connectivity index is 1.64. The van der Waals surface area contributed by atoms with Crippen LogP contribution >= 0.6 is 0 Å². The van der Waals surface area contributed by atoms with Gasteiger partial charge in [-0.1, -0.05) is 0 Å². The van der Waals surface area contributed by atoms with Gasteiger partial charge in [-0.2, -0.15) is 0 Å². The molecule has 0 spiro atoms. The molecular weight excluding hydrogens is 162 g/mol. The van der Waals surface area contributed by atoms with Gasteiger partial charge in [0.2, 0.25) is 0 Å². The standard InChI is InChI=1S/C10H19N3/c1-13-7-9(8-13)6-12-10-4-2-3-5-11-10/h9H,2-8H2,1H3,(H,11,12). The molecule has 2 rings (SSSR count). The van der Waals surface area contributed by atoms with Crippen LogP contribution in [0.15, 0.2) is 4.99 Å². The molecule has 74 valence electrons. The molecule has 1 N–H and O–H groups in total. The topological polar surface area (TPSA) is 27.6 Å². The Morgan fingerprint density at radius 3 is 2.92 bits per heavy atom. The number of nitrogens with one attached hydrogen (secondary N) is 1. The largest absolute Gasteiger partial charge is 0.373 e. The monoisotopic (exact) mass is 181 g/mol. The average molecular weight is 181 g/mol.